The van der Waals surface area contributed by atoms with Gasteiger partial charge in [0.2, 0.25) is 0 Å². The molecular weight excluding hydrogens is 152 g/mol. The van der Waals surface area contributed by atoms with Crippen molar-refractivity contribution in [3.05, 3.63) is 0 Å². The van der Waals surface area contributed by atoms with E-state index in [1.165, 1.54) is 0 Å². The second kappa shape index (κ2) is 5.51. The Morgan fingerprint density at radius 1 is 1.33 bits per heavy atom. The Morgan fingerprint density at radius 2 is 1.92 bits per heavy atom. The van der Waals surface area contributed by atoms with Gasteiger partial charge in [0, 0.05) is 13.1 Å². The van der Waals surface area contributed by atoms with Crippen LogP contribution in [0.25, 0.3) is 0 Å². The molecular formula is C9H20N2O. The van der Waals surface area contributed by atoms with E-state index >= 15 is 0 Å². The maximum Gasteiger partial charge on any atom is 0.107 e. The molecule has 0 aromatic heterocycles. The van der Waals surface area contributed by atoms with Crippen molar-refractivity contribution >= 4 is 0 Å². The predicted molar refractivity (Wildman–Crippen MR) is 50.0 cm³/mol. The number of rotatable bonds is 2. The van der Waals surface area contributed by atoms with Crippen molar-refractivity contribution in [2.24, 2.45) is 0 Å². The molecule has 0 spiro atoms. The Balaban J connectivity index is 2.29. The average molecular weight is 172 g/mol. The molecule has 1 fully saturated rings. The van der Waals surface area contributed by atoms with E-state index in [4.69, 9.17) is 0 Å². The first-order valence-electron chi connectivity index (χ1n) is 4.97. The molecule has 0 aromatic rings. The van der Waals surface area contributed by atoms with Crippen molar-refractivity contribution in [1.82, 2.24) is 10.2 Å². The summed E-state index contributed by atoms with van der Waals surface area (Å²) in [4.78, 5) is 2.18. The Kier molecular flexibility index (Phi) is 4.58. The third kappa shape index (κ3) is 3.09. The molecule has 1 rings (SSSR count). The van der Waals surface area contributed by atoms with E-state index in [0.717, 1.165) is 45.4 Å². The highest BCUT2D eigenvalue weighted by Gasteiger charge is 2.13. The number of aliphatic hydroxyl groups is 1. The zero-order valence-electron chi connectivity index (χ0n) is 7.92. The first-order valence-corrected chi connectivity index (χ1v) is 4.97. The van der Waals surface area contributed by atoms with Gasteiger partial charge in [-0.2, -0.15) is 0 Å². The van der Waals surface area contributed by atoms with Gasteiger partial charge >= 0.3 is 0 Å². The highest BCUT2D eigenvalue weighted by molar-refractivity contribution is 4.65. The van der Waals surface area contributed by atoms with Crippen LogP contribution in [0.15, 0.2) is 0 Å². The first-order chi connectivity index (χ1) is 5.84. The van der Waals surface area contributed by atoms with Gasteiger partial charge in [-0.3, -0.25) is 4.90 Å². The summed E-state index contributed by atoms with van der Waals surface area (Å²) in [6.45, 7) is 6.27. The lowest BCUT2D eigenvalue weighted by Gasteiger charge is -2.28. The molecule has 0 radical (unpaired) electrons. The third-order valence-corrected chi connectivity index (χ3v) is 2.38. The molecule has 2 N–H and O–H groups in total. The molecule has 0 bridgehead atoms. The maximum absolute atomic E-state index is 9.61. The fourth-order valence-corrected chi connectivity index (χ4v) is 1.61. The second-order valence-electron chi connectivity index (χ2n) is 3.38. The van der Waals surface area contributed by atoms with Gasteiger partial charge in [-0.15, -0.1) is 0 Å². The van der Waals surface area contributed by atoms with Crippen LogP contribution in [-0.4, -0.2) is 42.4 Å². The standard InChI is InChI=1S/C9H20N2O/c1-2-9(12)11-7-3-5-10-6-4-8-11/h9-10,12H,2-8H2,1H3. The molecule has 12 heavy (non-hydrogen) atoms. The number of hydrogen-bond donors (Lipinski definition) is 2. The zero-order chi connectivity index (χ0) is 8.81. The van der Waals surface area contributed by atoms with Gasteiger partial charge in [0.1, 0.15) is 6.23 Å². The Bertz CT molecular complexity index is 111. The molecule has 1 unspecified atom stereocenters. The monoisotopic (exact) mass is 172 g/mol. The van der Waals surface area contributed by atoms with Crippen molar-refractivity contribution in [3.63, 3.8) is 0 Å². The summed E-state index contributed by atoms with van der Waals surface area (Å²) < 4.78 is 0. The molecule has 1 heterocycles. The minimum atomic E-state index is -0.219. The minimum absolute atomic E-state index is 0.219. The molecule has 3 heteroatoms. The van der Waals surface area contributed by atoms with Crippen molar-refractivity contribution in [2.75, 3.05) is 26.2 Å². The summed E-state index contributed by atoms with van der Waals surface area (Å²) >= 11 is 0. The highest BCUT2D eigenvalue weighted by atomic mass is 16.3. The van der Waals surface area contributed by atoms with E-state index in [1.54, 1.807) is 0 Å². The number of nitrogens with one attached hydrogen (secondary N) is 1. The average Bonchev–Trinajstić information content (AvgIpc) is 2.02. The summed E-state index contributed by atoms with van der Waals surface area (Å²) in [6.07, 6.45) is 2.92. The van der Waals surface area contributed by atoms with Gasteiger partial charge in [-0.1, -0.05) is 6.92 Å². The van der Waals surface area contributed by atoms with Crippen molar-refractivity contribution in [2.45, 2.75) is 32.4 Å². The minimum Gasteiger partial charge on any atom is -0.378 e. The third-order valence-electron chi connectivity index (χ3n) is 2.38. The van der Waals surface area contributed by atoms with Gasteiger partial charge in [0.15, 0.2) is 0 Å². The van der Waals surface area contributed by atoms with Gasteiger partial charge < -0.3 is 10.4 Å². The fourth-order valence-electron chi connectivity index (χ4n) is 1.61. The van der Waals surface area contributed by atoms with E-state index in [-0.39, 0.29) is 6.23 Å². The summed E-state index contributed by atoms with van der Waals surface area (Å²) in [5.74, 6) is 0. The largest absolute Gasteiger partial charge is 0.378 e. The topological polar surface area (TPSA) is 35.5 Å². The Labute approximate surface area is 74.8 Å². The van der Waals surface area contributed by atoms with Gasteiger partial charge in [-0.25, -0.2) is 0 Å². The SMILES string of the molecule is CCC(O)N1CCCNCCC1. The van der Waals surface area contributed by atoms with E-state index in [0.29, 0.717) is 0 Å². The van der Waals surface area contributed by atoms with Gasteiger partial charge in [0.05, 0.1) is 0 Å². The molecule has 1 aliphatic rings. The highest BCUT2D eigenvalue weighted by Crippen LogP contribution is 2.04. The molecule has 1 atom stereocenters. The van der Waals surface area contributed by atoms with Gasteiger partial charge in [-0.05, 0) is 32.4 Å². The summed E-state index contributed by atoms with van der Waals surface area (Å²) in [5.41, 5.74) is 0. The molecule has 3 nitrogen and oxygen atoms in total. The van der Waals surface area contributed by atoms with E-state index < -0.39 is 0 Å². The van der Waals surface area contributed by atoms with Crippen LogP contribution >= 0.6 is 0 Å². The van der Waals surface area contributed by atoms with E-state index in [1.807, 2.05) is 6.92 Å². The molecule has 0 aromatic carbocycles. The summed E-state index contributed by atoms with van der Waals surface area (Å²) in [7, 11) is 0. The van der Waals surface area contributed by atoms with Gasteiger partial charge in [0.25, 0.3) is 0 Å². The van der Waals surface area contributed by atoms with E-state index in [2.05, 4.69) is 10.2 Å². The van der Waals surface area contributed by atoms with Crippen LogP contribution in [0.5, 0.6) is 0 Å². The molecule has 72 valence electrons. The normalized spacial score (nSPS) is 24.5. The van der Waals surface area contributed by atoms with Crippen molar-refractivity contribution in [3.8, 4) is 0 Å². The molecule has 1 aliphatic heterocycles. The van der Waals surface area contributed by atoms with Crippen LogP contribution in [0.3, 0.4) is 0 Å². The smallest absolute Gasteiger partial charge is 0.107 e. The molecule has 0 aliphatic carbocycles. The molecule has 0 amide bonds. The Morgan fingerprint density at radius 3 is 2.42 bits per heavy atom. The quantitative estimate of drug-likeness (QED) is 0.633. The lowest BCUT2D eigenvalue weighted by Crippen LogP contribution is -2.40. The number of hydrogen-bond acceptors (Lipinski definition) is 3. The van der Waals surface area contributed by atoms with Crippen LogP contribution < -0.4 is 5.32 Å². The van der Waals surface area contributed by atoms with Crippen LogP contribution in [0.2, 0.25) is 0 Å². The first kappa shape index (κ1) is 9.96. The summed E-state index contributed by atoms with van der Waals surface area (Å²) in [5, 5.41) is 13.0. The van der Waals surface area contributed by atoms with E-state index in [9.17, 15) is 5.11 Å². The summed E-state index contributed by atoms with van der Waals surface area (Å²) in [6, 6.07) is 0. The molecule has 0 saturated carbocycles. The van der Waals surface area contributed by atoms with Crippen LogP contribution in [0.1, 0.15) is 26.2 Å². The number of aliphatic hydroxyl groups excluding tert-OH is 1. The molecule has 1 saturated heterocycles. The number of nitrogens with zero attached hydrogens (tertiary/aromatic N) is 1. The van der Waals surface area contributed by atoms with Crippen molar-refractivity contribution in [1.29, 1.82) is 0 Å². The lowest BCUT2D eigenvalue weighted by atomic mass is 10.2. The van der Waals surface area contributed by atoms with Crippen LogP contribution in [-0.2, 0) is 0 Å². The van der Waals surface area contributed by atoms with Crippen LogP contribution in [0.4, 0.5) is 0 Å². The lowest BCUT2D eigenvalue weighted by molar-refractivity contribution is -0.00215. The zero-order valence-corrected chi connectivity index (χ0v) is 7.92. The van der Waals surface area contributed by atoms with Crippen molar-refractivity contribution < 1.29 is 5.11 Å². The van der Waals surface area contributed by atoms with Crippen LogP contribution in [0, 0.1) is 0 Å². The Hall–Kier alpha value is -0.120. The second-order valence-corrected chi connectivity index (χ2v) is 3.38. The predicted octanol–water partition coefficient (Wildman–Crippen LogP) is 0.400. The maximum atomic E-state index is 9.61. The fraction of sp³-hybridized carbons (Fsp3) is 1.00.